The first-order valence-corrected chi connectivity index (χ1v) is 11.8. The fourth-order valence-corrected chi connectivity index (χ4v) is 3.68. The van der Waals surface area contributed by atoms with Gasteiger partial charge in [-0.05, 0) is 72.7 Å². The molecule has 0 radical (unpaired) electrons. The number of nitrogens with zero attached hydrogens (tertiary/aromatic N) is 1. The van der Waals surface area contributed by atoms with Gasteiger partial charge in [-0.1, -0.05) is 43.1 Å². The third-order valence-corrected chi connectivity index (χ3v) is 5.49. The van der Waals surface area contributed by atoms with Gasteiger partial charge in [-0.15, -0.1) is 0 Å². The maximum atomic E-state index is 12.6. The van der Waals surface area contributed by atoms with Crippen molar-refractivity contribution in [3.63, 3.8) is 0 Å². The van der Waals surface area contributed by atoms with Crippen LogP contribution < -0.4 is 15.4 Å². The average Bonchev–Trinajstić information content (AvgIpc) is 3.22. The third-order valence-electron chi connectivity index (χ3n) is 5.05. The lowest BCUT2D eigenvalue weighted by molar-refractivity contribution is 0.0977. The van der Waals surface area contributed by atoms with Gasteiger partial charge in [0.15, 0.2) is 16.6 Å². The summed E-state index contributed by atoms with van der Waals surface area (Å²) in [6.45, 7) is 2.72. The summed E-state index contributed by atoms with van der Waals surface area (Å²) in [4.78, 5) is 17.0. The predicted octanol–water partition coefficient (Wildman–Crippen LogP) is 6.38. The van der Waals surface area contributed by atoms with E-state index in [1.807, 2.05) is 36.4 Å². The fourth-order valence-electron chi connectivity index (χ4n) is 3.30. The van der Waals surface area contributed by atoms with Crippen molar-refractivity contribution < 1.29 is 13.9 Å². The summed E-state index contributed by atoms with van der Waals surface area (Å²) in [5, 5.41) is 6.57. The molecular weight excluding hydrogens is 470 g/mol. The first-order valence-electron chi connectivity index (χ1n) is 11.0. The van der Waals surface area contributed by atoms with Gasteiger partial charge in [0.25, 0.3) is 5.91 Å². The van der Waals surface area contributed by atoms with Crippen LogP contribution in [0, 0.1) is 0 Å². The van der Waals surface area contributed by atoms with Crippen molar-refractivity contribution >= 4 is 51.6 Å². The quantitative estimate of drug-likeness (QED) is 0.219. The molecular formula is C26H24ClN3O3S. The number of hydrogen-bond acceptors (Lipinski definition) is 5. The molecule has 174 valence electrons. The van der Waals surface area contributed by atoms with Gasteiger partial charge in [0.2, 0.25) is 0 Å². The van der Waals surface area contributed by atoms with Gasteiger partial charge in [0.05, 0.1) is 6.61 Å². The zero-order chi connectivity index (χ0) is 23.9. The Balaban J connectivity index is 1.31. The smallest absolute Gasteiger partial charge is 0.257 e. The number of thiocarbonyl (C=S) groups is 1. The Labute approximate surface area is 208 Å². The van der Waals surface area contributed by atoms with Crippen molar-refractivity contribution in [2.45, 2.75) is 26.2 Å². The number of hydrogen-bond donors (Lipinski definition) is 2. The molecule has 34 heavy (non-hydrogen) atoms. The molecule has 0 saturated heterocycles. The minimum atomic E-state index is -0.300. The van der Waals surface area contributed by atoms with Crippen LogP contribution in [0.2, 0.25) is 5.02 Å². The Morgan fingerprint density at radius 1 is 1.12 bits per heavy atom. The second-order valence-electron chi connectivity index (χ2n) is 7.73. The lowest BCUT2D eigenvalue weighted by Gasteiger charge is -2.11. The summed E-state index contributed by atoms with van der Waals surface area (Å²) in [7, 11) is 0. The molecule has 0 bridgehead atoms. The molecule has 0 aliphatic carbocycles. The second kappa shape index (κ2) is 11.1. The van der Waals surface area contributed by atoms with E-state index in [9.17, 15) is 4.79 Å². The standard InChI is InChI=1S/C26H24ClN3O3S/c1-2-3-13-32-21-6-4-5-18(15-21)25(31)30-26(34)28-20-10-7-17(8-11-20)14-24-29-22-16-19(27)9-12-23(22)33-24/h4-12,15-16H,2-3,13-14H2,1H3,(H2,28,30,31,34). The van der Waals surface area contributed by atoms with Crippen LogP contribution in [0.5, 0.6) is 5.75 Å². The summed E-state index contributed by atoms with van der Waals surface area (Å²) < 4.78 is 11.4. The number of anilines is 1. The molecule has 1 amide bonds. The normalized spacial score (nSPS) is 10.8. The number of halogens is 1. The molecule has 0 fully saturated rings. The number of aromatic nitrogens is 1. The summed E-state index contributed by atoms with van der Waals surface area (Å²) in [5.41, 5.74) is 3.71. The highest BCUT2D eigenvalue weighted by molar-refractivity contribution is 7.80. The maximum Gasteiger partial charge on any atom is 0.257 e. The van der Waals surface area contributed by atoms with E-state index in [0.717, 1.165) is 29.6 Å². The number of carbonyl (C=O) groups excluding carboxylic acids is 1. The molecule has 1 heterocycles. The summed E-state index contributed by atoms with van der Waals surface area (Å²) in [5.74, 6) is 0.977. The largest absolute Gasteiger partial charge is 0.494 e. The van der Waals surface area contributed by atoms with Crippen molar-refractivity contribution in [1.82, 2.24) is 10.3 Å². The topological polar surface area (TPSA) is 76.4 Å². The molecule has 4 aromatic rings. The molecule has 4 rings (SSSR count). The predicted molar refractivity (Wildman–Crippen MR) is 139 cm³/mol. The van der Waals surface area contributed by atoms with Gasteiger partial charge in [0.1, 0.15) is 11.3 Å². The van der Waals surface area contributed by atoms with Crippen molar-refractivity contribution in [3.05, 3.63) is 88.8 Å². The molecule has 0 aliphatic rings. The van der Waals surface area contributed by atoms with Crippen LogP contribution in [0.15, 0.2) is 71.1 Å². The molecule has 2 N–H and O–H groups in total. The number of carbonyl (C=O) groups is 1. The number of rotatable bonds is 8. The van der Waals surface area contributed by atoms with Gasteiger partial charge in [-0.2, -0.15) is 0 Å². The lowest BCUT2D eigenvalue weighted by atomic mass is 10.1. The average molecular weight is 494 g/mol. The van der Waals surface area contributed by atoms with Crippen LogP contribution in [0.4, 0.5) is 5.69 Å². The van der Waals surface area contributed by atoms with E-state index in [4.69, 9.17) is 33.0 Å². The van der Waals surface area contributed by atoms with Crippen molar-refractivity contribution in [2.75, 3.05) is 11.9 Å². The first-order chi connectivity index (χ1) is 16.5. The number of ether oxygens (including phenoxy) is 1. The Kier molecular flexibility index (Phi) is 7.77. The fraction of sp³-hybridized carbons (Fsp3) is 0.192. The van der Waals surface area contributed by atoms with Crippen molar-refractivity contribution in [2.24, 2.45) is 0 Å². The highest BCUT2D eigenvalue weighted by Gasteiger charge is 2.10. The van der Waals surface area contributed by atoms with Gasteiger partial charge in [-0.25, -0.2) is 4.98 Å². The van der Waals surface area contributed by atoms with Gasteiger partial charge in [-0.3, -0.25) is 10.1 Å². The highest BCUT2D eigenvalue weighted by Crippen LogP contribution is 2.22. The van der Waals surface area contributed by atoms with E-state index < -0.39 is 0 Å². The van der Waals surface area contributed by atoms with Crippen LogP contribution in [-0.4, -0.2) is 22.6 Å². The zero-order valence-electron chi connectivity index (χ0n) is 18.6. The number of amides is 1. The number of benzene rings is 3. The summed E-state index contributed by atoms with van der Waals surface area (Å²) in [6, 6.07) is 20.1. The van der Waals surface area contributed by atoms with E-state index in [-0.39, 0.29) is 11.0 Å². The highest BCUT2D eigenvalue weighted by atomic mass is 35.5. The molecule has 1 aromatic heterocycles. The van der Waals surface area contributed by atoms with Crippen molar-refractivity contribution in [1.29, 1.82) is 0 Å². The lowest BCUT2D eigenvalue weighted by Crippen LogP contribution is -2.34. The Morgan fingerprint density at radius 3 is 2.74 bits per heavy atom. The van der Waals surface area contributed by atoms with E-state index in [0.29, 0.717) is 40.8 Å². The zero-order valence-corrected chi connectivity index (χ0v) is 20.2. The monoisotopic (exact) mass is 493 g/mol. The summed E-state index contributed by atoms with van der Waals surface area (Å²) >= 11 is 11.3. The first kappa shape index (κ1) is 23.7. The van der Waals surface area contributed by atoms with Crippen molar-refractivity contribution in [3.8, 4) is 5.75 Å². The molecule has 0 unspecified atom stereocenters. The molecule has 0 saturated carbocycles. The number of unbranched alkanes of at least 4 members (excludes halogenated alkanes) is 1. The number of nitrogens with one attached hydrogen (secondary N) is 2. The van der Waals surface area contributed by atoms with E-state index in [1.165, 1.54) is 0 Å². The van der Waals surface area contributed by atoms with Gasteiger partial charge >= 0.3 is 0 Å². The van der Waals surface area contributed by atoms with E-state index >= 15 is 0 Å². The molecule has 0 aliphatic heterocycles. The maximum absolute atomic E-state index is 12.6. The van der Waals surface area contributed by atoms with Crippen LogP contribution in [-0.2, 0) is 6.42 Å². The van der Waals surface area contributed by atoms with Crippen LogP contribution in [0.1, 0.15) is 41.6 Å². The molecule has 6 nitrogen and oxygen atoms in total. The van der Waals surface area contributed by atoms with Gasteiger partial charge < -0.3 is 14.5 Å². The Morgan fingerprint density at radius 2 is 1.94 bits per heavy atom. The SMILES string of the molecule is CCCCOc1cccc(C(=O)NC(=S)Nc2ccc(Cc3nc4cc(Cl)ccc4o3)cc2)c1. The van der Waals surface area contributed by atoms with Crippen LogP contribution >= 0.6 is 23.8 Å². The minimum Gasteiger partial charge on any atom is -0.494 e. The Bertz CT molecular complexity index is 1300. The molecule has 8 heteroatoms. The van der Waals surface area contributed by atoms with Crippen LogP contribution in [0.3, 0.4) is 0 Å². The number of oxazole rings is 1. The Hall–Kier alpha value is -3.42. The third kappa shape index (κ3) is 6.34. The molecule has 3 aromatic carbocycles. The van der Waals surface area contributed by atoms with Gasteiger partial charge in [0, 0.05) is 22.7 Å². The van der Waals surface area contributed by atoms with E-state index in [2.05, 4.69) is 22.5 Å². The minimum absolute atomic E-state index is 0.214. The summed E-state index contributed by atoms with van der Waals surface area (Å²) in [6.07, 6.45) is 2.56. The van der Waals surface area contributed by atoms with E-state index in [1.54, 1.807) is 30.3 Å². The molecule has 0 atom stereocenters. The second-order valence-corrected chi connectivity index (χ2v) is 8.58. The number of fused-ring (bicyclic) bond motifs is 1. The molecule has 0 spiro atoms. The van der Waals surface area contributed by atoms with Crippen LogP contribution in [0.25, 0.3) is 11.1 Å².